The molecule has 1 aromatic heterocycles. The molecule has 0 aliphatic heterocycles. The molecule has 1 heterocycles. The smallest absolute Gasteiger partial charge is 0.236 e. The quantitative estimate of drug-likeness (QED) is 0.838. The van der Waals surface area contributed by atoms with E-state index in [0.29, 0.717) is 12.6 Å². The lowest BCUT2D eigenvalue weighted by Gasteiger charge is -2.24. The number of hydrogen-bond acceptors (Lipinski definition) is 3. The first-order chi connectivity index (χ1) is 8.16. The highest BCUT2D eigenvalue weighted by Gasteiger charge is 2.23. The fourth-order valence-corrected chi connectivity index (χ4v) is 2.57. The normalized spacial score (nSPS) is 16.8. The molecule has 1 aliphatic carbocycles. The van der Waals surface area contributed by atoms with Crippen molar-refractivity contribution in [3.8, 4) is 0 Å². The molecule has 0 aromatic carbocycles. The van der Waals surface area contributed by atoms with E-state index >= 15 is 0 Å². The first-order valence-corrected chi connectivity index (χ1v) is 7.06. The second-order valence-corrected chi connectivity index (χ2v) is 5.82. The molecule has 1 atom stereocenters. The number of nitrogens with one attached hydrogen (secondary N) is 1. The third kappa shape index (κ3) is 3.82. The van der Waals surface area contributed by atoms with Crippen molar-refractivity contribution in [3.05, 3.63) is 22.4 Å². The summed E-state index contributed by atoms with van der Waals surface area (Å²) < 4.78 is 0. The molecule has 1 fully saturated rings. The third-order valence-corrected chi connectivity index (χ3v) is 4.15. The monoisotopic (exact) mass is 252 g/mol. The molecule has 1 saturated carbocycles. The summed E-state index contributed by atoms with van der Waals surface area (Å²) >= 11 is 1.76. The summed E-state index contributed by atoms with van der Waals surface area (Å²) in [5.41, 5.74) is 0. The van der Waals surface area contributed by atoms with Gasteiger partial charge in [-0.25, -0.2) is 0 Å². The lowest BCUT2D eigenvalue weighted by molar-refractivity contribution is -0.130. The second kappa shape index (κ2) is 5.65. The molecule has 94 valence electrons. The van der Waals surface area contributed by atoms with Crippen molar-refractivity contribution in [2.75, 3.05) is 13.6 Å². The van der Waals surface area contributed by atoms with Crippen molar-refractivity contribution >= 4 is 17.2 Å². The molecule has 0 radical (unpaired) electrons. The number of nitrogens with zero attached hydrogens (tertiary/aromatic N) is 1. The molecule has 17 heavy (non-hydrogen) atoms. The molecule has 2 rings (SSSR count). The average Bonchev–Trinajstić information content (AvgIpc) is 3.02. The number of carbonyl (C=O) groups excluding carboxylic acids is 1. The number of carbonyl (C=O) groups is 1. The summed E-state index contributed by atoms with van der Waals surface area (Å²) in [6, 6.07) is 5.05. The van der Waals surface area contributed by atoms with Gasteiger partial charge < -0.3 is 10.2 Å². The summed E-state index contributed by atoms with van der Waals surface area (Å²) in [4.78, 5) is 15.1. The van der Waals surface area contributed by atoms with E-state index in [1.165, 1.54) is 17.7 Å². The standard InChI is InChI=1S/C13H20N2OS/c1-10(8-12-4-3-7-17-12)15(2)13(16)9-14-11-5-6-11/h3-4,7,10-11,14H,5-6,8-9H2,1-2H3. The lowest BCUT2D eigenvalue weighted by Crippen LogP contribution is -2.42. The Morgan fingerprint density at radius 2 is 2.41 bits per heavy atom. The van der Waals surface area contributed by atoms with Gasteiger partial charge in [-0.2, -0.15) is 0 Å². The van der Waals surface area contributed by atoms with Crippen LogP contribution < -0.4 is 5.32 Å². The van der Waals surface area contributed by atoms with Gasteiger partial charge in [0.05, 0.1) is 6.54 Å². The van der Waals surface area contributed by atoms with Gasteiger partial charge in [0, 0.05) is 30.4 Å². The SMILES string of the molecule is CC(Cc1cccs1)N(C)C(=O)CNC1CC1. The van der Waals surface area contributed by atoms with E-state index in [1.54, 1.807) is 11.3 Å². The number of hydrogen-bond donors (Lipinski definition) is 1. The minimum Gasteiger partial charge on any atom is -0.342 e. The van der Waals surface area contributed by atoms with Gasteiger partial charge in [0.15, 0.2) is 0 Å². The number of rotatable bonds is 6. The number of likely N-dealkylation sites (N-methyl/N-ethyl adjacent to an activating group) is 1. The van der Waals surface area contributed by atoms with E-state index < -0.39 is 0 Å². The molecule has 4 heteroatoms. The van der Waals surface area contributed by atoms with Crippen LogP contribution in [0.25, 0.3) is 0 Å². The van der Waals surface area contributed by atoms with Crippen LogP contribution in [-0.4, -0.2) is 36.5 Å². The lowest BCUT2D eigenvalue weighted by atomic mass is 10.2. The molecular weight excluding hydrogens is 232 g/mol. The van der Waals surface area contributed by atoms with E-state index in [1.807, 2.05) is 11.9 Å². The highest BCUT2D eigenvalue weighted by Crippen LogP contribution is 2.18. The molecule has 0 bridgehead atoms. The molecule has 1 amide bonds. The molecule has 0 spiro atoms. The van der Waals surface area contributed by atoms with Gasteiger partial charge in [-0.15, -0.1) is 11.3 Å². The van der Waals surface area contributed by atoms with E-state index in [9.17, 15) is 4.79 Å². The Kier molecular flexibility index (Phi) is 4.18. The zero-order valence-electron chi connectivity index (χ0n) is 10.5. The van der Waals surface area contributed by atoms with Gasteiger partial charge in [-0.05, 0) is 31.2 Å². The van der Waals surface area contributed by atoms with Crippen molar-refractivity contribution < 1.29 is 4.79 Å². The first-order valence-electron chi connectivity index (χ1n) is 6.18. The summed E-state index contributed by atoms with van der Waals surface area (Å²) in [6.45, 7) is 2.59. The molecular formula is C13H20N2OS. The Balaban J connectivity index is 1.76. The van der Waals surface area contributed by atoms with Gasteiger partial charge in [0.1, 0.15) is 0 Å². The van der Waals surface area contributed by atoms with Crippen LogP contribution in [-0.2, 0) is 11.2 Å². The predicted molar refractivity (Wildman–Crippen MR) is 71.3 cm³/mol. The van der Waals surface area contributed by atoms with Crippen LogP contribution in [0.3, 0.4) is 0 Å². The molecule has 0 saturated heterocycles. The Labute approximate surface area is 107 Å². The topological polar surface area (TPSA) is 32.3 Å². The summed E-state index contributed by atoms with van der Waals surface area (Å²) in [6.07, 6.45) is 3.40. The van der Waals surface area contributed by atoms with Gasteiger partial charge in [-0.1, -0.05) is 6.07 Å². The average molecular weight is 252 g/mol. The van der Waals surface area contributed by atoms with Crippen LogP contribution in [0.15, 0.2) is 17.5 Å². The van der Waals surface area contributed by atoms with Crippen LogP contribution in [0, 0.1) is 0 Å². The van der Waals surface area contributed by atoms with E-state index in [4.69, 9.17) is 0 Å². The number of amides is 1. The minimum absolute atomic E-state index is 0.195. The Morgan fingerprint density at radius 3 is 3.00 bits per heavy atom. The first kappa shape index (κ1) is 12.6. The molecule has 1 unspecified atom stereocenters. The van der Waals surface area contributed by atoms with Crippen LogP contribution in [0.5, 0.6) is 0 Å². The van der Waals surface area contributed by atoms with Crippen LogP contribution >= 0.6 is 11.3 Å². The molecule has 1 N–H and O–H groups in total. The maximum Gasteiger partial charge on any atom is 0.236 e. The Hall–Kier alpha value is -0.870. The number of thiophene rings is 1. The van der Waals surface area contributed by atoms with Crippen LogP contribution in [0.2, 0.25) is 0 Å². The van der Waals surface area contributed by atoms with Crippen molar-refractivity contribution in [1.29, 1.82) is 0 Å². The molecule has 1 aromatic rings. The minimum atomic E-state index is 0.195. The van der Waals surface area contributed by atoms with Gasteiger partial charge >= 0.3 is 0 Å². The highest BCUT2D eigenvalue weighted by molar-refractivity contribution is 7.09. The van der Waals surface area contributed by atoms with E-state index in [0.717, 1.165) is 6.42 Å². The fourth-order valence-electron chi connectivity index (χ4n) is 1.75. The van der Waals surface area contributed by atoms with Crippen LogP contribution in [0.4, 0.5) is 0 Å². The summed E-state index contributed by atoms with van der Waals surface area (Å²) in [5, 5.41) is 5.34. The molecule has 1 aliphatic rings. The van der Waals surface area contributed by atoms with E-state index in [-0.39, 0.29) is 11.9 Å². The zero-order valence-corrected chi connectivity index (χ0v) is 11.3. The van der Waals surface area contributed by atoms with Crippen molar-refractivity contribution in [1.82, 2.24) is 10.2 Å². The summed E-state index contributed by atoms with van der Waals surface area (Å²) in [7, 11) is 1.90. The summed E-state index contributed by atoms with van der Waals surface area (Å²) in [5.74, 6) is 0.195. The van der Waals surface area contributed by atoms with Gasteiger partial charge in [0.25, 0.3) is 0 Å². The van der Waals surface area contributed by atoms with Crippen molar-refractivity contribution in [2.24, 2.45) is 0 Å². The molecule has 3 nitrogen and oxygen atoms in total. The van der Waals surface area contributed by atoms with Gasteiger partial charge in [-0.3, -0.25) is 4.79 Å². The van der Waals surface area contributed by atoms with Gasteiger partial charge in [0.2, 0.25) is 5.91 Å². The maximum atomic E-state index is 11.9. The Bertz CT molecular complexity index is 360. The van der Waals surface area contributed by atoms with E-state index in [2.05, 4.69) is 29.8 Å². The second-order valence-electron chi connectivity index (χ2n) is 4.79. The largest absolute Gasteiger partial charge is 0.342 e. The zero-order chi connectivity index (χ0) is 12.3. The predicted octanol–water partition coefficient (Wildman–Crippen LogP) is 1.89. The maximum absolute atomic E-state index is 11.9. The van der Waals surface area contributed by atoms with Crippen molar-refractivity contribution in [2.45, 2.75) is 38.3 Å². The fraction of sp³-hybridized carbons (Fsp3) is 0.615. The Morgan fingerprint density at radius 1 is 1.65 bits per heavy atom. The van der Waals surface area contributed by atoms with Crippen molar-refractivity contribution in [3.63, 3.8) is 0 Å². The third-order valence-electron chi connectivity index (χ3n) is 3.25. The van der Waals surface area contributed by atoms with Crippen LogP contribution in [0.1, 0.15) is 24.6 Å². The highest BCUT2D eigenvalue weighted by atomic mass is 32.1.